The van der Waals surface area contributed by atoms with Crippen molar-refractivity contribution in [1.82, 2.24) is 30.3 Å². The molecule has 2 aliphatic rings. The van der Waals surface area contributed by atoms with Crippen molar-refractivity contribution < 1.29 is 4.79 Å². The van der Waals surface area contributed by atoms with Crippen molar-refractivity contribution in [2.24, 2.45) is 10.9 Å². The largest absolute Gasteiger partial charge is 0.357 e. The highest BCUT2D eigenvalue weighted by Gasteiger charge is 2.32. The maximum Gasteiger partial charge on any atom is 0.225 e. The molecule has 9 heteroatoms. The molecule has 2 N–H and O–H groups in total. The lowest BCUT2D eigenvalue weighted by molar-refractivity contribution is -0.134. The second-order valence-corrected chi connectivity index (χ2v) is 8.06. The number of likely N-dealkylation sites (tertiary alicyclic amines) is 1. The Bertz CT molecular complexity index is 865. The molecule has 3 heterocycles. The normalized spacial score (nSPS) is 19.3. The van der Waals surface area contributed by atoms with Crippen molar-refractivity contribution in [1.29, 1.82) is 0 Å². The molecule has 1 saturated heterocycles. The summed E-state index contributed by atoms with van der Waals surface area (Å²) in [4.78, 5) is 23.8. The van der Waals surface area contributed by atoms with Crippen molar-refractivity contribution in [2.75, 3.05) is 19.6 Å². The first-order valence-corrected chi connectivity index (χ1v) is 11.0. The predicted octanol–water partition coefficient (Wildman–Crippen LogP) is 2.73. The molecule has 1 aliphatic carbocycles. The quantitative estimate of drug-likeness (QED) is 0.336. The second kappa shape index (κ2) is 11.4. The van der Waals surface area contributed by atoms with Crippen molar-refractivity contribution in [3.8, 4) is 5.82 Å². The number of nitrogens with one attached hydrogen (secondary N) is 2. The van der Waals surface area contributed by atoms with Crippen LogP contribution in [-0.4, -0.2) is 57.2 Å². The summed E-state index contributed by atoms with van der Waals surface area (Å²) in [5.74, 6) is 2.17. The van der Waals surface area contributed by atoms with Crippen LogP contribution in [0, 0.1) is 5.92 Å². The Morgan fingerprint density at radius 2 is 2.10 bits per heavy atom. The summed E-state index contributed by atoms with van der Waals surface area (Å²) < 4.78 is 1.74. The highest BCUT2D eigenvalue weighted by atomic mass is 127. The van der Waals surface area contributed by atoms with Crippen LogP contribution in [0.1, 0.15) is 44.6 Å². The summed E-state index contributed by atoms with van der Waals surface area (Å²) in [7, 11) is 0. The molecule has 0 radical (unpaired) electrons. The third-order valence-corrected chi connectivity index (χ3v) is 5.86. The van der Waals surface area contributed by atoms with Crippen LogP contribution >= 0.6 is 24.0 Å². The van der Waals surface area contributed by atoms with E-state index < -0.39 is 0 Å². The Balaban J connectivity index is 0.00000272. The lowest BCUT2D eigenvalue weighted by Gasteiger charge is -2.21. The standard InChI is InChI=1S/C22H31N7O.HI/c1-2-23-22(25-15-17-8-11-24-20(14-17)29-12-5-10-26-29)27-19-9-13-28(16-19)21(30)18-6-3-4-7-18;/h5,8,10-12,14,18-19H,2-4,6-7,9,13,15-16H2,1H3,(H2,23,25,27);1H. The van der Waals surface area contributed by atoms with Gasteiger partial charge in [0.1, 0.15) is 0 Å². The van der Waals surface area contributed by atoms with Crippen LogP contribution in [-0.2, 0) is 11.3 Å². The van der Waals surface area contributed by atoms with E-state index in [0.29, 0.717) is 12.5 Å². The summed E-state index contributed by atoms with van der Waals surface area (Å²) in [6.07, 6.45) is 10.9. The highest BCUT2D eigenvalue weighted by molar-refractivity contribution is 14.0. The average Bonchev–Trinajstić information content (AvgIpc) is 3.55. The molecular formula is C22H32IN7O. The number of hydrogen-bond donors (Lipinski definition) is 2. The molecule has 1 unspecified atom stereocenters. The molecule has 1 saturated carbocycles. The number of aromatic nitrogens is 3. The van der Waals surface area contributed by atoms with Gasteiger partial charge >= 0.3 is 0 Å². The number of rotatable bonds is 6. The van der Waals surface area contributed by atoms with E-state index in [-0.39, 0.29) is 35.9 Å². The van der Waals surface area contributed by atoms with Crippen LogP contribution in [0.4, 0.5) is 0 Å². The summed E-state index contributed by atoms with van der Waals surface area (Å²) >= 11 is 0. The molecule has 2 aromatic heterocycles. The molecule has 2 fully saturated rings. The zero-order valence-corrected chi connectivity index (χ0v) is 20.4. The van der Waals surface area contributed by atoms with Crippen molar-refractivity contribution in [3.05, 3.63) is 42.4 Å². The van der Waals surface area contributed by atoms with Crippen LogP contribution in [0.3, 0.4) is 0 Å². The highest BCUT2D eigenvalue weighted by Crippen LogP contribution is 2.27. The topological polar surface area (TPSA) is 87.4 Å². The minimum atomic E-state index is 0. The van der Waals surface area contributed by atoms with E-state index in [1.54, 1.807) is 17.1 Å². The third kappa shape index (κ3) is 6.18. The van der Waals surface area contributed by atoms with Crippen molar-refractivity contribution in [3.63, 3.8) is 0 Å². The van der Waals surface area contributed by atoms with E-state index >= 15 is 0 Å². The van der Waals surface area contributed by atoms with Crippen LogP contribution in [0.5, 0.6) is 0 Å². The van der Waals surface area contributed by atoms with Crippen LogP contribution < -0.4 is 10.6 Å². The average molecular weight is 537 g/mol. The fourth-order valence-electron chi connectivity index (χ4n) is 4.28. The van der Waals surface area contributed by atoms with E-state index in [2.05, 4.69) is 27.6 Å². The molecule has 1 atom stereocenters. The zero-order chi connectivity index (χ0) is 20.8. The van der Waals surface area contributed by atoms with E-state index in [0.717, 1.165) is 56.2 Å². The van der Waals surface area contributed by atoms with E-state index in [1.807, 2.05) is 29.3 Å². The molecule has 2 aromatic rings. The number of pyridine rings is 1. The fraction of sp³-hybridized carbons (Fsp3) is 0.545. The van der Waals surface area contributed by atoms with E-state index in [4.69, 9.17) is 4.99 Å². The Labute approximate surface area is 200 Å². The SMILES string of the molecule is CCNC(=NCc1ccnc(-n2cccn2)c1)NC1CCN(C(=O)C2CCCC2)C1.I. The number of carbonyl (C=O) groups is 1. The second-order valence-electron chi connectivity index (χ2n) is 8.06. The number of amides is 1. The number of guanidine groups is 1. The molecule has 0 bridgehead atoms. The molecule has 8 nitrogen and oxygen atoms in total. The van der Waals surface area contributed by atoms with Gasteiger partial charge in [0, 0.05) is 50.2 Å². The van der Waals surface area contributed by atoms with Gasteiger partial charge in [0.05, 0.1) is 6.54 Å². The first-order valence-electron chi connectivity index (χ1n) is 11.0. The predicted molar refractivity (Wildman–Crippen MR) is 132 cm³/mol. The number of carbonyl (C=O) groups excluding carboxylic acids is 1. The van der Waals surface area contributed by atoms with E-state index in [1.165, 1.54) is 12.8 Å². The lowest BCUT2D eigenvalue weighted by atomic mass is 10.1. The fourth-order valence-corrected chi connectivity index (χ4v) is 4.28. The number of halogens is 1. The minimum Gasteiger partial charge on any atom is -0.357 e. The number of hydrogen-bond acceptors (Lipinski definition) is 4. The molecule has 0 spiro atoms. The van der Waals surface area contributed by atoms with Gasteiger partial charge in [0.2, 0.25) is 5.91 Å². The van der Waals surface area contributed by atoms with Gasteiger partial charge in [-0.15, -0.1) is 24.0 Å². The van der Waals surface area contributed by atoms with Gasteiger partial charge in [-0.25, -0.2) is 14.7 Å². The van der Waals surface area contributed by atoms with Crippen LogP contribution in [0.25, 0.3) is 5.82 Å². The molecule has 168 valence electrons. The summed E-state index contributed by atoms with van der Waals surface area (Å²) in [5.41, 5.74) is 1.07. The minimum absolute atomic E-state index is 0. The zero-order valence-electron chi connectivity index (χ0n) is 18.0. The van der Waals surface area contributed by atoms with Gasteiger partial charge in [-0.05, 0) is 49.9 Å². The van der Waals surface area contributed by atoms with Gasteiger partial charge in [0.15, 0.2) is 11.8 Å². The van der Waals surface area contributed by atoms with Gasteiger partial charge in [0.25, 0.3) is 0 Å². The van der Waals surface area contributed by atoms with Crippen molar-refractivity contribution >= 4 is 35.8 Å². The van der Waals surface area contributed by atoms with Gasteiger partial charge in [-0.2, -0.15) is 5.10 Å². The summed E-state index contributed by atoms with van der Waals surface area (Å²) in [5, 5.41) is 11.1. The molecule has 31 heavy (non-hydrogen) atoms. The molecule has 4 rings (SSSR count). The van der Waals surface area contributed by atoms with Crippen LogP contribution in [0.2, 0.25) is 0 Å². The Morgan fingerprint density at radius 1 is 1.26 bits per heavy atom. The Hall–Kier alpha value is -2.17. The maximum absolute atomic E-state index is 12.7. The first kappa shape index (κ1) is 23.5. The summed E-state index contributed by atoms with van der Waals surface area (Å²) in [6, 6.07) is 6.09. The van der Waals surface area contributed by atoms with Gasteiger partial charge < -0.3 is 15.5 Å². The molecule has 0 aromatic carbocycles. The van der Waals surface area contributed by atoms with Gasteiger partial charge in [-0.1, -0.05) is 12.8 Å². The monoisotopic (exact) mass is 537 g/mol. The third-order valence-electron chi connectivity index (χ3n) is 5.86. The lowest BCUT2D eigenvalue weighted by Crippen LogP contribution is -2.45. The Kier molecular flexibility index (Phi) is 8.68. The maximum atomic E-state index is 12.7. The molecule has 1 amide bonds. The van der Waals surface area contributed by atoms with Crippen molar-refractivity contribution in [2.45, 2.75) is 51.6 Å². The number of nitrogens with zero attached hydrogens (tertiary/aromatic N) is 5. The smallest absolute Gasteiger partial charge is 0.225 e. The molecule has 1 aliphatic heterocycles. The number of aliphatic imine (C=N–C) groups is 1. The summed E-state index contributed by atoms with van der Waals surface area (Å²) in [6.45, 7) is 4.99. The molecular weight excluding hydrogens is 505 g/mol. The van der Waals surface area contributed by atoms with Gasteiger partial charge in [-0.3, -0.25) is 4.79 Å². The first-order chi connectivity index (χ1) is 14.7. The van der Waals surface area contributed by atoms with E-state index in [9.17, 15) is 4.79 Å². The van der Waals surface area contributed by atoms with Crippen LogP contribution in [0.15, 0.2) is 41.8 Å². The Morgan fingerprint density at radius 3 is 2.84 bits per heavy atom.